The summed E-state index contributed by atoms with van der Waals surface area (Å²) >= 11 is 0. The van der Waals surface area contributed by atoms with Gasteiger partial charge < -0.3 is 0 Å². The summed E-state index contributed by atoms with van der Waals surface area (Å²) in [5.41, 5.74) is 0.981. The molecular formula is C27H59N. The van der Waals surface area contributed by atoms with Crippen LogP contribution in [0.4, 0.5) is 0 Å². The van der Waals surface area contributed by atoms with Crippen LogP contribution in [-0.4, -0.2) is 6.72 Å². The van der Waals surface area contributed by atoms with Crippen molar-refractivity contribution in [2.45, 2.75) is 103 Å². The van der Waals surface area contributed by atoms with Gasteiger partial charge >= 0.3 is 0 Å². The smallest absolute Gasteiger partial charge is 0.0322 e. The summed E-state index contributed by atoms with van der Waals surface area (Å²) in [7, 11) is 0. The first kappa shape index (κ1) is 56.2. The average Bonchev–Trinajstić information content (AvgIpc) is 2.82. The molecular weight excluding hydrogens is 338 g/mol. The maximum absolute atomic E-state index is 4.00. The molecule has 0 rings (SSSR count). The second-order valence-electron chi connectivity index (χ2n) is 3.71. The number of aliphatic imine (C=N–C) groups is 1. The minimum Gasteiger partial charge on any atom is -0.270 e. The first-order valence-electron chi connectivity index (χ1n) is 10.6. The summed E-state index contributed by atoms with van der Waals surface area (Å²) in [5.74, 6) is 0.769. The lowest BCUT2D eigenvalue weighted by Crippen LogP contribution is -1.81. The van der Waals surface area contributed by atoms with Crippen LogP contribution in [0.3, 0.4) is 0 Å². The van der Waals surface area contributed by atoms with Crippen LogP contribution in [0.5, 0.6) is 0 Å². The SMILES string of the molecule is C#C.C/C=C\C(C)CC.C=C.C=C.C=N/C(C)=C\C.CC.CC.CC.CCC. The highest BCUT2D eigenvalue weighted by atomic mass is 14.7. The van der Waals surface area contributed by atoms with Gasteiger partial charge in [0.05, 0.1) is 0 Å². The number of nitrogens with zero attached hydrogens (tertiary/aromatic N) is 1. The summed E-state index contributed by atoms with van der Waals surface area (Å²) < 4.78 is 0. The molecule has 172 valence electrons. The largest absolute Gasteiger partial charge is 0.270 e. The van der Waals surface area contributed by atoms with Crippen LogP contribution in [0, 0.1) is 18.8 Å². The van der Waals surface area contributed by atoms with Gasteiger partial charge in [0, 0.05) is 5.70 Å². The van der Waals surface area contributed by atoms with Crippen molar-refractivity contribution < 1.29 is 0 Å². The van der Waals surface area contributed by atoms with Crippen LogP contribution in [0.25, 0.3) is 0 Å². The Morgan fingerprint density at radius 2 is 1.11 bits per heavy atom. The van der Waals surface area contributed by atoms with Gasteiger partial charge in [0.15, 0.2) is 0 Å². The van der Waals surface area contributed by atoms with Crippen LogP contribution in [0.2, 0.25) is 0 Å². The molecule has 1 unspecified atom stereocenters. The van der Waals surface area contributed by atoms with Crippen LogP contribution in [-0.2, 0) is 0 Å². The quantitative estimate of drug-likeness (QED) is 0.255. The fraction of sp³-hybridized carbons (Fsp3) is 0.593. The Labute approximate surface area is 183 Å². The minimum atomic E-state index is 0.769. The number of hydrogen-bond donors (Lipinski definition) is 0. The van der Waals surface area contributed by atoms with Crippen LogP contribution < -0.4 is 0 Å². The van der Waals surface area contributed by atoms with Crippen molar-refractivity contribution in [1.29, 1.82) is 0 Å². The summed E-state index contributed by atoms with van der Waals surface area (Å²) in [6, 6.07) is 0. The monoisotopic (exact) mass is 397 g/mol. The molecule has 0 amide bonds. The molecule has 1 heteroatoms. The maximum atomic E-state index is 4.00. The van der Waals surface area contributed by atoms with E-state index in [4.69, 9.17) is 0 Å². The number of rotatable bonds is 3. The lowest BCUT2D eigenvalue weighted by Gasteiger charge is -1.95. The fourth-order valence-corrected chi connectivity index (χ4v) is 0.556. The van der Waals surface area contributed by atoms with Gasteiger partial charge in [-0.1, -0.05) is 100 Å². The lowest BCUT2D eigenvalue weighted by atomic mass is 10.1. The van der Waals surface area contributed by atoms with Crippen LogP contribution in [0.15, 0.2) is 55.2 Å². The Hall–Kier alpha value is -1.81. The molecule has 28 heavy (non-hydrogen) atoms. The van der Waals surface area contributed by atoms with E-state index in [-0.39, 0.29) is 0 Å². The zero-order valence-electron chi connectivity index (χ0n) is 22.4. The molecule has 0 aliphatic rings. The van der Waals surface area contributed by atoms with Crippen molar-refractivity contribution in [2.75, 3.05) is 0 Å². The van der Waals surface area contributed by atoms with E-state index in [9.17, 15) is 0 Å². The van der Waals surface area contributed by atoms with Crippen LogP contribution in [0.1, 0.15) is 103 Å². The zero-order chi connectivity index (χ0) is 25.4. The third kappa shape index (κ3) is 252. The Morgan fingerprint density at radius 1 is 0.857 bits per heavy atom. The van der Waals surface area contributed by atoms with E-state index in [0.29, 0.717) is 0 Å². The molecule has 0 N–H and O–H groups in total. The van der Waals surface area contributed by atoms with E-state index in [1.807, 2.05) is 61.5 Å². The summed E-state index contributed by atoms with van der Waals surface area (Å²) in [6.07, 6.45) is 16.7. The molecule has 1 nitrogen and oxygen atoms in total. The summed E-state index contributed by atoms with van der Waals surface area (Å²) in [6.45, 7) is 41.9. The number of allylic oxidation sites excluding steroid dienone is 4. The Morgan fingerprint density at radius 3 is 1.14 bits per heavy atom. The van der Waals surface area contributed by atoms with Gasteiger partial charge in [0.1, 0.15) is 0 Å². The normalized spacial score (nSPS) is 7.89. The third-order valence-corrected chi connectivity index (χ3v) is 1.83. The highest BCUT2D eigenvalue weighted by Gasteiger charge is 1.86. The molecule has 0 aromatic rings. The van der Waals surface area contributed by atoms with Gasteiger partial charge in [-0.25, -0.2) is 0 Å². The average molecular weight is 398 g/mol. The fourth-order valence-electron chi connectivity index (χ4n) is 0.556. The Kier molecular flexibility index (Phi) is 285. The molecule has 0 aliphatic heterocycles. The topological polar surface area (TPSA) is 12.4 Å². The number of terminal acetylenes is 1. The van der Waals surface area contributed by atoms with Crippen molar-refractivity contribution >= 4 is 6.72 Å². The molecule has 0 radical (unpaired) electrons. The second-order valence-corrected chi connectivity index (χ2v) is 3.71. The van der Waals surface area contributed by atoms with Gasteiger partial charge in [-0.05, 0) is 33.4 Å². The van der Waals surface area contributed by atoms with E-state index >= 15 is 0 Å². The van der Waals surface area contributed by atoms with E-state index in [2.05, 4.69) is 97.6 Å². The summed E-state index contributed by atoms with van der Waals surface area (Å²) in [5, 5.41) is 0. The van der Waals surface area contributed by atoms with Gasteiger partial charge in [-0.2, -0.15) is 0 Å². The Bertz CT molecular complexity index is 232. The maximum Gasteiger partial charge on any atom is 0.0322 e. The number of hydrogen-bond acceptors (Lipinski definition) is 1. The highest BCUT2D eigenvalue weighted by molar-refractivity contribution is 5.27. The molecule has 0 saturated carbocycles. The van der Waals surface area contributed by atoms with Gasteiger partial charge in [-0.3, -0.25) is 4.99 Å². The van der Waals surface area contributed by atoms with E-state index in [0.717, 1.165) is 11.6 Å². The van der Waals surface area contributed by atoms with Gasteiger partial charge in [-0.15, -0.1) is 39.2 Å². The molecule has 1 atom stereocenters. The van der Waals surface area contributed by atoms with Crippen molar-refractivity contribution in [2.24, 2.45) is 10.9 Å². The van der Waals surface area contributed by atoms with E-state index in [1.54, 1.807) is 0 Å². The van der Waals surface area contributed by atoms with E-state index < -0.39 is 0 Å². The minimum absolute atomic E-state index is 0.769. The molecule has 0 saturated heterocycles. The third-order valence-electron chi connectivity index (χ3n) is 1.83. The van der Waals surface area contributed by atoms with Gasteiger partial charge in [0.25, 0.3) is 0 Å². The molecule has 0 aliphatic carbocycles. The van der Waals surface area contributed by atoms with E-state index in [1.165, 1.54) is 12.8 Å². The van der Waals surface area contributed by atoms with Crippen molar-refractivity contribution in [1.82, 2.24) is 0 Å². The first-order chi connectivity index (χ1) is 13.5. The predicted octanol–water partition coefficient (Wildman–Crippen LogP) is 10.6. The van der Waals surface area contributed by atoms with Crippen molar-refractivity contribution in [3.63, 3.8) is 0 Å². The lowest BCUT2D eigenvalue weighted by molar-refractivity contribution is 0.697. The first-order valence-corrected chi connectivity index (χ1v) is 10.6. The molecule has 0 heterocycles. The molecule has 0 spiro atoms. The van der Waals surface area contributed by atoms with Gasteiger partial charge in [0.2, 0.25) is 0 Å². The van der Waals surface area contributed by atoms with Crippen molar-refractivity contribution in [3.05, 3.63) is 50.2 Å². The molecule has 0 aromatic carbocycles. The van der Waals surface area contributed by atoms with Crippen LogP contribution >= 0.6 is 0 Å². The summed E-state index contributed by atoms with van der Waals surface area (Å²) in [4.78, 5) is 3.62. The standard InChI is InChI=1S/C7H14.C5H9N.C3H8.3C2H6.2C2H4.C2H2/c1-4-6-7(3)5-2;1-4-5(2)6-3;1-3-2;6*1-2/h4,6-7H,5H2,1-3H3;4H,3H2,1-2H3;3H2,1-2H3;3*1-2H3;2*1-2H2;1-2H/b6-4-;5-4-;;;;;;;. The predicted molar refractivity (Wildman–Crippen MR) is 146 cm³/mol. The molecule has 0 aromatic heterocycles. The molecule has 0 bridgehead atoms. The molecule has 0 fully saturated rings. The van der Waals surface area contributed by atoms with Crippen molar-refractivity contribution in [3.8, 4) is 12.8 Å². The highest BCUT2D eigenvalue weighted by Crippen LogP contribution is 2.00. The Balaban J connectivity index is -0.0000000224. The second kappa shape index (κ2) is 142. The zero-order valence-corrected chi connectivity index (χ0v) is 22.4.